The number of rotatable bonds is 4. The van der Waals surface area contributed by atoms with Crippen molar-refractivity contribution in [3.05, 3.63) is 70.0 Å². The molecule has 3 amide bonds. The molecule has 0 fully saturated rings. The van der Waals surface area contributed by atoms with Crippen LogP contribution in [0.1, 0.15) is 26.5 Å². The number of hydrogen-bond acceptors (Lipinski definition) is 4. The van der Waals surface area contributed by atoms with Gasteiger partial charge in [0.05, 0.1) is 5.69 Å². The van der Waals surface area contributed by atoms with E-state index in [-0.39, 0.29) is 11.7 Å². The molecule has 0 unspecified atom stereocenters. The zero-order chi connectivity index (χ0) is 20.3. The van der Waals surface area contributed by atoms with Crippen LogP contribution in [0.3, 0.4) is 0 Å². The third-order valence-electron chi connectivity index (χ3n) is 4.09. The highest BCUT2D eigenvalue weighted by Crippen LogP contribution is 2.24. The van der Waals surface area contributed by atoms with Crippen LogP contribution in [0.4, 0.5) is 25.7 Å². The molecule has 0 aliphatic heterocycles. The number of benzene rings is 2. The molecule has 2 aromatic carbocycles. The lowest BCUT2D eigenvalue weighted by atomic mass is 10.1. The zero-order valence-corrected chi connectivity index (χ0v) is 16.4. The summed E-state index contributed by atoms with van der Waals surface area (Å²) >= 11 is 1.08. The van der Waals surface area contributed by atoms with Gasteiger partial charge in [0.25, 0.3) is 5.91 Å². The number of hydrogen-bond donors (Lipinski definition) is 3. The van der Waals surface area contributed by atoms with E-state index in [4.69, 9.17) is 0 Å². The van der Waals surface area contributed by atoms with E-state index in [0.717, 1.165) is 22.5 Å². The highest BCUT2D eigenvalue weighted by Gasteiger charge is 2.17. The van der Waals surface area contributed by atoms with E-state index in [2.05, 4.69) is 20.9 Å². The minimum absolute atomic E-state index is 0.287. The number of carbonyl (C=O) groups excluding carboxylic acids is 2. The lowest BCUT2D eigenvalue weighted by Gasteiger charge is -2.07. The molecule has 8 heteroatoms. The number of nitrogens with zero attached hydrogens (tertiary/aromatic N) is 1. The Balaban J connectivity index is 1.66. The molecule has 3 rings (SSSR count). The molecule has 6 nitrogen and oxygen atoms in total. The van der Waals surface area contributed by atoms with E-state index in [9.17, 15) is 14.0 Å². The summed E-state index contributed by atoms with van der Waals surface area (Å²) in [6, 6.07) is 10.6. The van der Waals surface area contributed by atoms with E-state index >= 15 is 0 Å². The maximum absolute atomic E-state index is 12.9. The van der Waals surface area contributed by atoms with E-state index in [1.165, 1.54) is 24.3 Å². The van der Waals surface area contributed by atoms with Gasteiger partial charge in [-0.3, -0.25) is 10.1 Å². The number of carbonyl (C=O) groups is 2. The predicted molar refractivity (Wildman–Crippen MR) is 110 cm³/mol. The number of aromatic nitrogens is 1. The van der Waals surface area contributed by atoms with Crippen LogP contribution in [-0.2, 0) is 0 Å². The fourth-order valence-corrected chi connectivity index (χ4v) is 3.32. The van der Waals surface area contributed by atoms with Gasteiger partial charge in [-0.2, -0.15) is 0 Å². The molecule has 28 heavy (non-hydrogen) atoms. The number of anilines is 3. The van der Waals surface area contributed by atoms with E-state index in [1.807, 2.05) is 32.0 Å². The van der Waals surface area contributed by atoms with Crippen LogP contribution in [0.25, 0.3) is 0 Å². The van der Waals surface area contributed by atoms with Gasteiger partial charge >= 0.3 is 6.03 Å². The topological polar surface area (TPSA) is 83.1 Å². The van der Waals surface area contributed by atoms with Crippen molar-refractivity contribution in [1.29, 1.82) is 0 Å². The average molecular weight is 398 g/mol. The molecule has 3 N–H and O–H groups in total. The number of amides is 3. The van der Waals surface area contributed by atoms with E-state index in [1.54, 1.807) is 6.92 Å². The Morgan fingerprint density at radius 2 is 1.57 bits per heavy atom. The molecule has 0 spiro atoms. The summed E-state index contributed by atoms with van der Waals surface area (Å²) in [6.45, 7) is 5.68. The number of halogens is 1. The smallest absolute Gasteiger partial charge is 0.321 e. The third kappa shape index (κ3) is 4.72. The maximum Gasteiger partial charge on any atom is 0.325 e. The van der Waals surface area contributed by atoms with Crippen molar-refractivity contribution in [3.8, 4) is 0 Å². The van der Waals surface area contributed by atoms with Crippen molar-refractivity contribution < 1.29 is 14.0 Å². The van der Waals surface area contributed by atoms with E-state index < -0.39 is 6.03 Å². The number of urea groups is 1. The van der Waals surface area contributed by atoms with Gasteiger partial charge in [-0.05, 0) is 68.3 Å². The summed E-state index contributed by atoms with van der Waals surface area (Å²) in [5, 5.41) is 8.30. The zero-order valence-electron chi connectivity index (χ0n) is 15.6. The van der Waals surface area contributed by atoms with Crippen LogP contribution < -0.4 is 16.0 Å². The Labute approximate surface area is 165 Å². The lowest BCUT2D eigenvalue weighted by Crippen LogP contribution is -2.19. The first-order chi connectivity index (χ1) is 13.3. The SMILES string of the molecule is Cc1ccc(NC(=O)c2sc(NC(=O)Nc3ccc(F)cc3)nc2C)cc1C. The van der Waals surface area contributed by atoms with E-state index in [0.29, 0.717) is 27.1 Å². The molecular weight excluding hydrogens is 379 g/mol. The van der Waals surface area contributed by atoms with Crippen LogP contribution in [-0.4, -0.2) is 16.9 Å². The molecule has 0 aliphatic rings. The quantitative estimate of drug-likeness (QED) is 0.571. The van der Waals surface area contributed by atoms with Crippen LogP contribution in [0, 0.1) is 26.6 Å². The highest BCUT2D eigenvalue weighted by atomic mass is 32.1. The summed E-state index contributed by atoms with van der Waals surface area (Å²) in [4.78, 5) is 29.3. The Morgan fingerprint density at radius 3 is 2.25 bits per heavy atom. The second-order valence-corrected chi connectivity index (χ2v) is 7.27. The Bertz CT molecular complexity index is 1030. The summed E-state index contributed by atoms with van der Waals surface area (Å²) in [5.74, 6) is -0.675. The van der Waals surface area contributed by atoms with Gasteiger partial charge in [-0.1, -0.05) is 17.4 Å². The first-order valence-electron chi connectivity index (χ1n) is 8.51. The monoisotopic (exact) mass is 398 g/mol. The molecule has 0 bridgehead atoms. The van der Waals surface area contributed by atoms with Gasteiger partial charge in [0.1, 0.15) is 10.7 Å². The van der Waals surface area contributed by atoms with Gasteiger partial charge in [0.2, 0.25) is 0 Å². The standard InChI is InChI=1S/C20H19FN4O2S/c1-11-4-7-16(10-12(11)2)23-18(26)17-13(3)22-20(28-17)25-19(27)24-15-8-5-14(21)6-9-15/h4-10H,1-3H3,(H,23,26)(H2,22,24,25,27). The minimum atomic E-state index is -0.526. The molecule has 1 aromatic heterocycles. The van der Waals surface area contributed by atoms with Crippen molar-refractivity contribution in [3.63, 3.8) is 0 Å². The average Bonchev–Trinajstić information content (AvgIpc) is 3.00. The van der Waals surface area contributed by atoms with Crippen LogP contribution >= 0.6 is 11.3 Å². The fourth-order valence-electron chi connectivity index (χ4n) is 2.46. The predicted octanol–water partition coefficient (Wildman–Crippen LogP) is 5.10. The van der Waals surface area contributed by atoms with Crippen molar-refractivity contribution in [1.82, 2.24) is 4.98 Å². The van der Waals surface area contributed by atoms with Gasteiger partial charge in [-0.25, -0.2) is 14.2 Å². The maximum atomic E-state index is 12.9. The molecule has 0 radical (unpaired) electrons. The number of thiazole rings is 1. The van der Waals surface area contributed by atoms with Gasteiger partial charge in [0, 0.05) is 11.4 Å². The van der Waals surface area contributed by atoms with Crippen LogP contribution in [0.5, 0.6) is 0 Å². The van der Waals surface area contributed by atoms with Crippen molar-refractivity contribution in [2.45, 2.75) is 20.8 Å². The second kappa shape index (κ2) is 8.18. The summed E-state index contributed by atoms with van der Waals surface area (Å²) in [7, 11) is 0. The first-order valence-corrected chi connectivity index (χ1v) is 9.33. The molecule has 0 atom stereocenters. The largest absolute Gasteiger partial charge is 0.325 e. The van der Waals surface area contributed by atoms with Gasteiger partial charge in [0.15, 0.2) is 5.13 Å². The van der Waals surface area contributed by atoms with Gasteiger partial charge in [-0.15, -0.1) is 0 Å². The lowest BCUT2D eigenvalue weighted by molar-refractivity contribution is 0.103. The van der Waals surface area contributed by atoms with Gasteiger partial charge < -0.3 is 10.6 Å². The Kier molecular flexibility index (Phi) is 5.70. The fraction of sp³-hybridized carbons (Fsp3) is 0.150. The number of nitrogens with one attached hydrogen (secondary N) is 3. The molecular formula is C20H19FN4O2S. The third-order valence-corrected chi connectivity index (χ3v) is 5.16. The molecule has 144 valence electrons. The molecule has 3 aromatic rings. The summed E-state index contributed by atoms with van der Waals surface area (Å²) in [6.07, 6.45) is 0. The first kappa shape index (κ1) is 19.5. The minimum Gasteiger partial charge on any atom is -0.321 e. The van der Waals surface area contributed by atoms with Crippen molar-refractivity contribution in [2.24, 2.45) is 0 Å². The second-order valence-electron chi connectivity index (χ2n) is 6.27. The Hall–Kier alpha value is -3.26. The van der Waals surface area contributed by atoms with Crippen molar-refractivity contribution in [2.75, 3.05) is 16.0 Å². The molecule has 0 saturated carbocycles. The highest BCUT2D eigenvalue weighted by molar-refractivity contribution is 7.17. The number of aryl methyl sites for hydroxylation is 3. The normalized spacial score (nSPS) is 10.4. The molecule has 0 saturated heterocycles. The Morgan fingerprint density at radius 1 is 0.893 bits per heavy atom. The molecule has 0 aliphatic carbocycles. The molecule has 1 heterocycles. The summed E-state index contributed by atoms with van der Waals surface area (Å²) < 4.78 is 12.9. The van der Waals surface area contributed by atoms with Crippen LogP contribution in [0.15, 0.2) is 42.5 Å². The van der Waals surface area contributed by atoms with Crippen LogP contribution in [0.2, 0.25) is 0 Å². The summed E-state index contributed by atoms with van der Waals surface area (Å²) in [5.41, 5.74) is 3.89. The van der Waals surface area contributed by atoms with Crippen molar-refractivity contribution >= 4 is 39.8 Å².